The molecular weight excluding hydrogens is 354 g/mol. The normalized spacial score (nSPS) is 13.0. The number of halogens is 2. The molecule has 1 aromatic carbocycles. The number of nitrogens with one attached hydrogen (secondary N) is 1. The molecule has 6 heteroatoms. The second kappa shape index (κ2) is 5.83. The summed E-state index contributed by atoms with van der Waals surface area (Å²) in [6, 6.07) is 7.90. The van der Waals surface area contributed by atoms with Crippen molar-refractivity contribution in [3.8, 4) is 0 Å². The molecule has 0 spiro atoms. The minimum absolute atomic E-state index is 0.130. The molecule has 0 saturated heterocycles. The molecule has 3 aromatic rings. The Labute approximate surface area is 136 Å². The van der Waals surface area contributed by atoms with Crippen LogP contribution in [0.5, 0.6) is 0 Å². The Balaban J connectivity index is 2.14. The first kappa shape index (κ1) is 14.6. The van der Waals surface area contributed by atoms with Gasteiger partial charge < -0.3 is 9.73 Å². The Hall–Kier alpha value is -1.30. The highest BCUT2D eigenvalue weighted by Crippen LogP contribution is 2.34. The number of nitrogens with zero attached hydrogens (tertiary/aromatic N) is 2. The van der Waals surface area contributed by atoms with E-state index in [1.54, 1.807) is 10.9 Å². The lowest BCUT2D eigenvalue weighted by Crippen LogP contribution is -2.24. The van der Waals surface area contributed by atoms with Gasteiger partial charge in [0.2, 0.25) is 0 Å². The molecule has 1 atom stereocenters. The smallest absolute Gasteiger partial charge is 0.148 e. The minimum Gasteiger partial charge on any atom is -0.458 e. The lowest BCUT2D eigenvalue weighted by Gasteiger charge is -2.16. The van der Waals surface area contributed by atoms with Crippen molar-refractivity contribution < 1.29 is 4.42 Å². The first-order valence-electron chi connectivity index (χ1n) is 6.70. The maximum atomic E-state index is 6.28. The SMILES string of the molecule is CCNC(c1cc2cccc(Br)c2o1)c1c(Cl)cnn1C. The fourth-order valence-corrected chi connectivity index (χ4v) is 3.21. The number of aromatic nitrogens is 2. The van der Waals surface area contributed by atoms with Crippen molar-refractivity contribution in [2.24, 2.45) is 7.05 Å². The van der Waals surface area contributed by atoms with Gasteiger partial charge in [-0.1, -0.05) is 30.7 Å². The Bertz CT molecular complexity index is 761. The van der Waals surface area contributed by atoms with Crippen molar-refractivity contribution in [1.82, 2.24) is 15.1 Å². The molecule has 0 aliphatic rings. The van der Waals surface area contributed by atoms with E-state index in [1.807, 2.05) is 31.3 Å². The van der Waals surface area contributed by atoms with E-state index in [1.165, 1.54) is 0 Å². The average molecular weight is 369 g/mol. The van der Waals surface area contributed by atoms with Crippen LogP contribution < -0.4 is 5.32 Å². The topological polar surface area (TPSA) is 43.0 Å². The van der Waals surface area contributed by atoms with Crippen molar-refractivity contribution in [3.63, 3.8) is 0 Å². The van der Waals surface area contributed by atoms with Gasteiger partial charge in [-0.2, -0.15) is 5.10 Å². The van der Waals surface area contributed by atoms with Crippen molar-refractivity contribution in [2.45, 2.75) is 13.0 Å². The second-order valence-corrected chi connectivity index (χ2v) is 6.06. The Morgan fingerprint density at radius 3 is 2.90 bits per heavy atom. The third-order valence-corrected chi connectivity index (χ3v) is 4.33. The van der Waals surface area contributed by atoms with E-state index in [-0.39, 0.29) is 6.04 Å². The first-order valence-corrected chi connectivity index (χ1v) is 7.87. The van der Waals surface area contributed by atoms with E-state index >= 15 is 0 Å². The zero-order valence-electron chi connectivity index (χ0n) is 11.7. The first-order chi connectivity index (χ1) is 10.1. The maximum absolute atomic E-state index is 6.28. The van der Waals surface area contributed by atoms with E-state index in [2.05, 4.69) is 33.3 Å². The Morgan fingerprint density at radius 2 is 2.29 bits per heavy atom. The number of aryl methyl sites for hydroxylation is 1. The van der Waals surface area contributed by atoms with Crippen LogP contribution in [0, 0.1) is 0 Å². The van der Waals surface area contributed by atoms with E-state index < -0.39 is 0 Å². The van der Waals surface area contributed by atoms with Crippen LogP contribution in [0.2, 0.25) is 5.02 Å². The van der Waals surface area contributed by atoms with Gasteiger partial charge in [0.25, 0.3) is 0 Å². The van der Waals surface area contributed by atoms with Gasteiger partial charge in [-0.25, -0.2) is 0 Å². The fraction of sp³-hybridized carbons (Fsp3) is 0.267. The second-order valence-electron chi connectivity index (χ2n) is 4.80. The summed E-state index contributed by atoms with van der Waals surface area (Å²) in [7, 11) is 1.88. The monoisotopic (exact) mass is 367 g/mol. The number of fused-ring (bicyclic) bond motifs is 1. The van der Waals surface area contributed by atoms with E-state index in [4.69, 9.17) is 16.0 Å². The summed E-state index contributed by atoms with van der Waals surface area (Å²) in [5.74, 6) is 0.823. The lowest BCUT2D eigenvalue weighted by atomic mass is 10.1. The summed E-state index contributed by atoms with van der Waals surface area (Å²) in [5, 5.41) is 9.30. The number of furan rings is 1. The van der Waals surface area contributed by atoms with Gasteiger partial charge in [0, 0.05) is 12.4 Å². The summed E-state index contributed by atoms with van der Waals surface area (Å²) >= 11 is 9.80. The molecule has 1 unspecified atom stereocenters. The average Bonchev–Trinajstić information content (AvgIpc) is 3.02. The van der Waals surface area contributed by atoms with Crippen molar-refractivity contribution in [1.29, 1.82) is 0 Å². The molecule has 3 rings (SSSR count). The molecule has 1 N–H and O–H groups in total. The zero-order valence-corrected chi connectivity index (χ0v) is 14.1. The Morgan fingerprint density at radius 1 is 1.48 bits per heavy atom. The highest BCUT2D eigenvalue weighted by molar-refractivity contribution is 9.10. The maximum Gasteiger partial charge on any atom is 0.148 e. The number of hydrogen-bond acceptors (Lipinski definition) is 3. The molecule has 0 fully saturated rings. The summed E-state index contributed by atoms with van der Waals surface area (Å²) in [4.78, 5) is 0. The number of hydrogen-bond donors (Lipinski definition) is 1. The number of rotatable bonds is 4. The van der Waals surface area contributed by atoms with Crippen LogP contribution >= 0.6 is 27.5 Å². The molecule has 0 saturated carbocycles. The summed E-state index contributed by atoms with van der Waals surface area (Å²) in [5.41, 5.74) is 1.74. The minimum atomic E-state index is -0.130. The van der Waals surface area contributed by atoms with Gasteiger partial charge in [0.1, 0.15) is 17.4 Å². The third kappa shape index (κ3) is 2.61. The highest BCUT2D eigenvalue weighted by atomic mass is 79.9. The summed E-state index contributed by atoms with van der Waals surface area (Å²) < 4.78 is 8.76. The molecule has 2 heterocycles. The fourth-order valence-electron chi connectivity index (χ4n) is 2.47. The van der Waals surface area contributed by atoms with Gasteiger partial charge in [0.15, 0.2) is 0 Å². The number of para-hydroxylation sites is 1. The van der Waals surface area contributed by atoms with Crippen LogP contribution in [-0.2, 0) is 7.05 Å². The molecule has 0 aliphatic heterocycles. The van der Waals surface area contributed by atoms with Gasteiger partial charge in [-0.05, 0) is 34.6 Å². The number of benzene rings is 1. The molecule has 0 radical (unpaired) electrons. The zero-order chi connectivity index (χ0) is 15.0. The van der Waals surface area contributed by atoms with Crippen LogP contribution in [0.15, 0.2) is 39.4 Å². The lowest BCUT2D eigenvalue weighted by molar-refractivity contribution is 0.458. The van der Waals surface area contributed by atoms with Crippen molar-refractivity contribution >= 4 is 38.5 Å². The van der Waals surface area contributed by atoms with E-state index in [0.717, 1.165) is 33.4 Å². The van der Waals surface area contributed by atoms with Gasteiger partial charge >= 0.3 is 0 Å². The predicted octanol–water partition coefficient (Wildman–Crippen LogP) is 4.28. The van der Waals surface area contributed by atoms with E-state index in [9.17, 15) is 0 Å². The largest absolute Gasteiger partial charge is 0.458 e. The molecule has 0 bridgehead atoms. The molecule has 110 valence electrons. The molecule has 21 heavy (non-hydrogen) atoms. The van der Waals surface area contributed by atoms with Crippen molar-refractivity contribution in [3.05, 3.63) is 51.4 Å². The molecule has 4 nitrogen and oxygen atoms in total. The third-order valence-electron chi connectivity index (χ3n) is 3.42. The standard InChI is InChI=1S/C15H15BrClN3O/c1-3-18-13(14-11(17)8-19-20(14)2)12-7-9-5-4-6-10(16)15(9)21-12/h4-8,13,18H,3H2,1-2H3. The van der Waals surface area contributed by atoms with Gasteiger partial charge in [0.05, 0.1) is 21.4 Å². The van der Waals surface area contributed by atoms with Gasteiger partial charge in [-0.3, -0.25) is 4.68 Å². The van der Waals surface area contributed by atoms with E-state index in [0.29, 0.717) is 5.02 Å². The Kier molecular flexibility index (Phi) is 4.06. The molecular formula is C15H15BrClN3O. The van der Waals surface area contributed by atoms with Crippen LogP contribution in [0.4, 0.5) is 0 Å². The van der Waals surface area contributed by atoms with Gasteiger partial charge in [-0.15, -0.1) is 0 Å². The van der Waals surface area contributed by atoms with Crippen molar-refractivity contribution in [2.75, 3.05) is 6.54 Å². The van der Waals surface area contributed by atoms with Crippen LogP contribution in [-0.4, -0.2) is 16.3 Å². The molecule has 2 aromatic heterocycles. The molecule has 0 aliphatic carbocycles. The van der Waals surface area contributed by atoms with Crippen LogP contribution in [0.3, 0.4) is 0 Å². The van der Waals surface area contributed by atoms with Crippen LogP contribution in [0.1, 0.15) is 24.4 Å². The predicted molar refractivity (Wildman–Crippen MR) is 87.7 cm³/mol. The summed E-state index contributed by atoms with van der Waals surface area (Å²) in [6.45, 7) is 2.85. The summed E-state index contributed by atoms with van der Waals surface area (Å²) in [6.07, 6.45) is 1.65. The molecule has 0 amide bonds. The highest BCUT2D eigenvalue weighted by Gasteiger charge is 2.24. The van der Waals surface area contributed by atoms with Crippen LogP contribution in [0.25, 0.3) is 11.0 Å². The quantitative estimate of drug-likeness (QED) is 0.747.